The Morgan fingerprint density at radius 3 is 2.90 bits per heavy atom. The van der Waals surface area contributed by atoms with Crippen LogP contribution in [0.15, 0.2) is 34.2 Å². The molecule has 3 rings (SSSR count). The Balaban J connectivity index is 1.60. The smallest absolute Gasteiger partial charge is 0.226 e. The molecule has 0 spiro atoms. The topological polar surface area (TPSA) is 77.8 Å². The van der Waals surface area contributed by atoms with Gasteiger partial charge in [0, 0.05) is 17.4 Å². The minimum atomic E-state index is -0.319. The summed E-state index contributed by atoms with van der Waals surface area (Å²) in [6.07, 6.45) is 2.30. The number of hydrogen-bond donors (Lipinski definition) is 1. The molecule has 2 aromatic heterocycles. The van der Waals surface area contributed by atoms with Gasteiger partial charge in [-0.25, -0.2) is 9.37 Å². The second kappa shape index (κ2) is 6.01. The highest BCUT2D eigenvalue weighted by atomic mass is 32.1. The van der Waals surface area contributed by atoms with Gasteiger partial charge in [0.25, 0.3) is 0 Å². The Kier molecular flexibility index (Phi) is 3.92. The Bertz CT molecular complexity index is 740. The number of nitrogens with zero attached hydrogens (tertiary/aromatic N) is 3. The molecule has 0 unspecified atom stereocenters. The SMILES string of the molecule is Nc1nc(CCCc2nc(-c3cccc(F)c3)no2)cs1. The van der Waals surface area contributed by atoms with Crippen molar-refractivity contribution in [1.29, 1.82) is 0 Å². The van der Waals surface area contributed by atoms with Crippen molar-refractivity contribution in [2.75, 3.05) is 5.73 Å². The molecule has 0 saturated carbocycles. The fourth-order valence-corrected chi connectivity index (χ4v) is 2.56. The lowest BCUT2D eigenvalue weighted by atomic mass is 10.2. The van der Waals surface area contributed by atoms with E-state index in [0.717, 1.165) is 18.5 Å². The maximum Gasteiger partial charge on any atom is 0.226 e. The standard InChI is InChI=1S/C14H13FN4OS/c15-10-4-1-3-9(7-10)13-18-12(20-19-13)6-2-5-11-8-21-14(16)17-11/h1,3-4,7-8H,2,5-6H2,(H2,16,17). The van der Waals surface area contributed by atoms with E-state index >= 15 is 0 Å². The molecule has 0 saturated heterocycles. The van der Waals surface area contributed by atoms with Gasteiger partial charge in [-0.2, -0.15) is 4.98 Å². The summed E-state index contributed by atoms with van der Waals surface area (Å²) in [5, 5.41) is 6.40. The molecule has 5 nitrogen and oxygen atoms in total. The Labute approximate surface area is 124 Å². The van der Waals surface area contributed by atoms with Crippen molar-refractivity contribution in [2.24, 2.45) is 0 Å². The van der Waals surface area contributed by atoms with E-state index in [1.807, 2.05) is 5.38 Å². The quantitative estimate of drug-likeness (QED) is 0.783. The number of hydrogen-bond acceptors (Lipinski definition) is 6. The highest BCUT2D eigenvalue weighted by molar-refractivity contribution is 7.13. The lowest BCUT2D eigenvalue weighted by Gasteiger charge is -1.94. The van der Waals surface area contributed by atoms with Crippen LogP contribution in [0, 0.1) is 5.82 Å². The molecule has 0 bridgehead atoms. The van der Waals surface area contributed by atoms with Crippen LogP contribution in [0.2, 0.25) is 0 Å². The molecule has 3 aromatic rings. The van der Waals surface area contributed by atoms with Crippen LogP contribution in [0.1, 0.15) is 18.0 Å². The number of nitrogen functional groups attached to an aromatic ring is 1. The predicted octanol–water partition coefficient (Wildman–Crippen LogP) is 3.09. The molecule has 21 heavy (non-hydrogen) atoms. The normalized spacial score (nSPS) is 10.9. The van der Waals surface area contributed by atoms with Crippen LogP contribution >= 0.6 is 11.3 Å². The third-order valence-corrected chi connectivity index (χ3v) is 3.67. The van der Waals surface area contributed by atoms with Gasteiger partial charge >= 0.3 is 0 Å². The van der Waals surface area contributed by atoms with Gasteiger partial charge in [0.15, 0.2) is 5.13 Å². The maximum atomic E-state index is 13.1. The van der Waals surface area contributed by atoms with E-state index in [1.54, 1.807) is 12.1 Å². The fraction of sp³-hybridized carbons (Fsp3) is 0.214. The van der Waals surface area contributed by atoms with E-state index in [1.165, 1.54) is 23.5 Å². The molecule has 2 N–H and O–H groups in total. The Morgan fingerprint density at radius 2 is 2.14 bits per heavy atom. The molecule has 2 heterocycles. The molecule has 1 aromatic carbocycles. The number of thiazole rings is 1. The van der Waals surface area contributed by atoms with Crippen molar-refractivity contribution in [3.63, 3.8) is 0 Å². The molecule has 0 radical (unpaired) electrons. The van der Waals surface area contributed by atoms with Gasteiger partial charge in [0.1, 0.15) is 5.82 Å². The minimum absolute atomic E-state index is 0.319. The molecule has 0 fully saturated rings. The van der Waals surface area contributed by atoms with Crippen LogP contribution in [0.3, 0.4) is 0 Å². The van der Waals surface area contributed by atoms with Crippen molar-refractivity contribution >= 4 is 16.5 Å². The average Bonchev–Trinajstić information content (AvgIpc) is 3.08. The van der Waals surface area contributed by atoms with Crippen molar-refractivity contribution in [3.05, 3.63) is 47.0 Å². The third-order valence-electron chi connectivity index (χ3n) is 2.94. The van der Waals surface area contributed by atoms with Crippen molar-refractivity contribution in [1.82, 2.24) is 15.1 Å². The van der Waals surface area contributed by atoms with Crippen molar-refractivity contribution < 1.29 is 8.91 Å². The zero-order valence-corrected chi connectivity index (χ0v) is 11.9. The molecule has 0 amide bonds. The van der Waals surface area contributed by atoms with Crippen LogP contribution in [0.5, 0.6) is 0 Å². The van der Waals surface area contributed by atoms with Crippen LogP contribution in [-0.2, 0) is 12.8 Å². The molecule has 7 heteroatoms. The summed E-state index contributed by atoms with van der Waals surface area (Å²) in [5.41, 5.74) is 7.16. The first kappa shape index (κ1) is 13.7. The second-order valence-corrected chi connectivity index (χ2v) is 5.44. The molecule has 0 aliphatic heterocycles. The average molecular weight is 304 g/mol. The molecule has 0 aliphatic carbocycles. The molecule has 0 atom stereocenters. The summed E-state index contributed by atoms with van der Waals surface area (Å²) in [4.78, 5) is 8.46. The van der Waals surface area contributed by atoms with Crippen LogP contribution in [0.4, 0.5) is 9.52 Å². The van der Waals surface area contributed by atoms with Gasteiger partial charge in [0.05, 0.1) is 5.69 Å². The highest BCUT2D eigenvalue weighted by Gasteiger charge is 2.09. The predicted molar refractivity (Wildman–Crippen MR) is 78.2 cm³/mol. The van der Waals surface area contributed by atoms with Crippen LogP contribution in [0.25, 0.3) is 11.4 Å². The Morgan fingerprint density at radius 1 is 1.24 bits per heavy atom. The lowest BCUT2D eigenvalue weighted by molar-refractivity contribution is 0.376. The molecular formula is C14H13FN4OS. The molecular weight excluding hydrogens is 291 g/mol. The summed E-state index contributed by atoms with van der Waals surface area (Å²) in [6, 6.07) is 6.12. The first-order valence-electron chi connectivity index (χ1n) is 6.49. The Hall–Kier alpha value is -2.28. The summed E-state index contributed by atoms with van der Waals surface area (Å²) >= 11 is 1.43. The highest BCUT2D eigenvalue weighted by Crippen LogP contribution is 2.18. The summed E-state index contributed by atoms with van der Waals surface area (Å²) in [5.74, 6) is 0.625. The summed E-state index contributed by atoms with van der Waals surface area (Å²) in [6.45, 7) is 0. The number of aryl methyl sites for hydroxylation is 2. The van der Waals surface area contributed by atoms with E-state index in [4.69, 9.17) is 10.3 Å². The number of aromatic nitrogens is 3. The van der Waals surface area contributed by atoms with E-state index in [2.05, 4.69) is 15.1 Å². The van der Waals surface area contributed by atoms with Gasteiger partial charge in [-0.05, 0) is 25.0 Å². The summed E-state index contributed by atoms with van der Waals surface area (Å²) in [7, 11) is 0. The van der Waals surface area contributed by atoms with Crippen molar-refractivity contribution in [3.8, 4) is 11.4 Å². The lowest BCUT2D eigenvalue weighted by Crippen LogP contribution is -1.92. The van der Waals surface area contributed by atoms with E-state index < -0.39 is 0 Å². The third kappa shape index (κ3) is 3.43. The van der Waals surface area contributed by atoms with E-state index in [-0.39, 0.29) is 5.82 Å². The van der Waals surface area contributed by atoms with Gasteiger partial charge < -0.3 is 10.3 Å². The van der Waals surface area contributed by atoms with Gasteiger partial charge in [0.2, 0.25) is 11.7 Å². The second-order valence-electron chi connectivity index (χ2n) is 4.55. The van der Waals surface area contributed by atoms with Gasteiger partial charge in [-0.1, -0.05) is 17.3 Å². The van der Waals surface area contributed by atoms with Crippen LogP contribution < -0.4 is 5.73 Å². The summed E-state index contributed by atoms with van der Waals surface area (Å²) < 4.78 is 18.3. The first-order valence-corrected chi connectivity index (χ1v) is 7.37. The number of nitrogens with two attached hydrogens (primary N) is 1. The largest absolute Gasteiger partial charge is 0.375 e. The van der Waals surface area contributed by atoms with Crippen LogP contribution in [-0.4, -0.2) is 15.1 Å². The monoisotopic (exact) mass is 304 g/mol. The van der Waals surface area contributed by atoms with Gasteiger partial charge in [-0.15, -0.1) is 11.3 Å². The fourth-order valence-electron chi connectivity index (χ4n) is 1.96. The zero-order valence-electron chi connectivity index (χ0n) is 11.1. The first-order chi connectivity index (χ1) is 10.2. The number of rotatable bonds is 5. The molecule has 0 aliphatic rings. The van der Waals surface area contributed by atoms with E-state index in [0.29, 0.717) is 28.8 Å². The zero-order chi connectivity index (χ0) is 14.7. The van der Waals surface area contributed by atoms with Crippen molar-refractivity contribution in [2.45, 2.75) is 19.3 Å². The van der Waals surface area contributed by atoms with E-state index in [9.17, 15) is 4.39 Å². The number of benzene rings is 1. The molecule has 108 valence electrons. The number of halogens is 1. The maximum absolute atomic E-state index is 13.1. The number of anilines is 1. The van der Waals surface area contributed by atoms with Gasteiger partial charge in [-0.3, -0.25) is 0 Å². The minimum Gasteiger partial charge on any atom is -0.375 e.